The number of hydrogen-bond acceptors (Lipinski definition) is 7. The zero-order valence-corrected chi connectivity index (χ0v) is 20.0. The van der Waals surface area contributed by atoms with Crippen molar-refractivity contribution in [1.29, 1.82) is 0 Å². The number of carbonyl (C=O) groups is 3. The Kier molecular flexibility index (Phi) is 6.90. The first-order chi connectivity index (χ1) is 17.5. The smallest absolute Gasteiger partial charge is 0.294 e. The second-order valence-corrected chi connectivity index (χ2v) is 9.01. The van der Waals surface area contributed by atoms with Crippen molar-refractivity contribution >= 4 is 40.6 Å². The van der Waals surface area contributed by atoms with Crippen molar-refractivity contribution in [2.75, 3.05) is 25.1 Å². The van der Waals surface area contributed by atoms with Gasteiger partial charge in [-0.3, -0.25) is 19.3 Å². The maximum Gasteiger partial charge on any atom is 0.294 e. The molecule has 0 radical (unpaired) electrons. The SMILES string of the molecule is O=C(CN1C(=O)S/C(=C/c2ccc(OCc3ccccc3)cc2)C1=O)Nc1ccc2c(c1)OCCO2. The van der Waals surface area contributed by atoms with E-state index in [1.165, 1.54) is 0 Å². The number of rotatable bonds is 7. The summed E-state index contributed by atoms with van der Waals surface area (Å²) < 4.78 is 16.8. The van der Waals surface area contributed by atoms with Crippen molar-refractivity contribution in [3.63, 3.8) is 0 Å². The molecule has 36 heavy (non-hydrogen) atoms. The third-order valence-corrected chi connectivity index (χ3v) is 6.33. The van der Waals surface area contributed by atoms with Crippen LogP contribution in [0.25, 0.3) is 6.08 Å². The Morgan fingerprint density at radius 1 is 0.972 bits per heavy atom. The van der Waals surface area contributed by atoms with Gasteiger partial charge in [-0.25, -0.2) is 0 Å². The van der Waals surface area contributed by atoms with E-state index in [2.05, 4.69) is 5.32 Å². The summed E-state index contributed by atoms with van der Waals surface area (Å²) >= 11 is 0.806. The summed E-state index contributed by atoms with van der Waals surface area (Å²) in [6, 6.07) is 22.1. The molecule has 0 atom stereocenters. The largest absolute Gasteiger partial charge is 0.489 e. The van der Waals surface area contributed by atoms with Crippen LogP contribution < -0.4 is 19.5 Å². The summed E-state index contributed by atoms with van der Waals surface area (Å²) in [5, 5.41) is 2.20. The molecule has 0 unspecified atom stereocenters. The maximum atomic E-state index is 12.8. The van der Waals surface area contributed by atoms with Crippen LogP contribution in [0.4, 0.5) is 10.5 Å². The molecule has 2 aliphatic heterocycles. The lowest BCUT2D eigenvalue weighted by Gasteiger charge is -2.19. The fourth-order valence-electron chi connectivity index (χ4n) is 3.65. The van der Waals surface area contributed by atoms with Crippen LogP contribution >= 0.6 is 11.8 Å². The van der Waals surface area contributed by atoms with Gasteiger partial charge in [0.2, 0.25) is 5.91 Å². The van der Waals surface area contributed by atoms with E-state index < -0.39 is 17.1 Å². The highest BCUT2D eigenvalue weighted by Gasteiger charge is 2.36. The van der Waals surface area contributed by atoms with Crippen molar-refractivity contribution < 1.29 is 28.6 Å². The summed E-state index contributed by atoms with van der Waals surface area (Å²) in [6.07, 6.45) is 1.63. The van der Waals surface area contributed by atoms with Gasteiger partial charge in [0.25, 0.3) is 11.1 Å². The van der Waals surface area contributed by atoms with E-state index in [0.29, 0.717) is 42.8 Å². The average Bonchev–Trinajstić information content (AvgIpc) is 3.16. The predicted molar refractivity (Wildman–Crippen MR) is 136 cm³/mol. The van der Waals surface area contributed by atoms with E-state index in [1.807, 2.05) is 42.5 Å². The molecule has 0 aliphatic carbocycles. The van der Waals surface area contributed by atoms with Crippen molar-refractivity contribution in [2.45, 2.75) is 6.61 Å². The van der Waals surface area contributed by atoms with Gasteiger partial charge in [-0.1, -0.05) is 42.5 Å². The van der Waals surface area contributed by atoms with Crippen molar-refractivity contribution in [1.82, 2.24) is 4.90 Å². The van der Waals surface area contributed by atoms with E-state index >= 15 is 0 Å². The van der Waals surface area contributed by atoms with E-state index in [0.717, 1.165) is 27.8 Å². The van der Waals surface area contributed by atoms with Crippen LogP contribution in [0.15, 0.2) is 77.7 Å². The van der Waals surface area contributed by atoms with Crippen LogP contribution in [0.5, 0.6) is 17.2 Å². The number of ether oxygens (including phenoxy) is 3. The molecule has 1 N–H and O–H groups in total. The molecule has 2 aliphatic rings. The highest BCUT2D eigenvalue weighted by molar-refractivity contribution is 8.18. The number of nitrogens with one attached hydrogen (secondary N) is 1. The minimum Gasteiger partial charge on any atom is -0.489 e. The molecule has 182 valence electrons. The molecular weight excluding hydrogens is 480 g/mol. The normalized spacial score (nSPS) is 15.8. The van der Waals surface area contributed by atoms with Crippen LogP contribution in [0.1, 0.15) is 11.1 Å². The summed E-state index contributed by atoms with van der Waals surface area (Å²) in [5.74, 6) is 0.831. The van der Waals surface area contributed by atoms with Gasteiger partial charge in [-0.05, 0) is 53.2 Å². The first-order valence-electron chi connectivity index (χ1n) is 11.3. The van der Waals surface area contributed by atoms with Gasteiger partial charge >= 0.3 is 0 Å². The van der Waals surface area contributed by atoms with Gasteiger partial charge in [-0.15, -0.1) is 0 Å². The zero-order chi connectivity index (χ0) is 24.9. The molecule has 0 aromatic heterocycles. The molecule has 9 heteroatoms. The maximum absolute atomic E-state index is 12.8. The number of hydrogen-bond donors (Lipinski definition) is 1. The summed E-state index contributed by atoms with van der Waals surface area (Å²) in [4.78, 5) is 38.9. The molecule has 3 aromatic carbocycles. The Morgan fingerprint density at radius 2 is 1.72 bits per heavy atom. The fraction of sp³-hybridized carbons (Fsp3) is 0.148. The number of amides is 3. The Bertz CT molecular complexity index is 1320. The minimum absolute atomic E-state index is 0.255. The lowest BCUT2D eigenvalue weighted by molar-refractivity contribution is -0.127. The fourth-order valence-corrected chi connectivity index (χ4v) is 4.49. The Labute approximate surface area is 211 Å². The number of imide groups is 1. The minimum atomic E-state index is -0.508. The van der Waals surface area contributed by atoms with Crippen LogP contribution in [-0.2, 0) is 16.2 Å². The van der Waals surface area contributed by atoms with E-state index in [9.17, 15) is 14.4 Å². The number of thioether (sulfide) groups is 1. The van der Waals surface area contributed by atoms with E-state index in [-0.39, 0.29) is 11.4 Å². The first kappa shape index (κ1) is 23.5. The van der Waals surface area contributed by atoms with Gasteiger partial charge < -0.3 is 19.5 Å². The molecular formula is C27H22N2O6S. The summed E-state index contributed by atoms with van der Waals surface area (Å²) in [7, 11) is 0. The molecule has 0 spiro atoms. The van der Waals surface area contributed by atoms with E-state index in [1.54, 1.807) is 36.4 Å². The average molecular weight is 503 g/mol. The van der Waals surface area contributed by atoms with Crippen LogP contribution in [0.3, 0.4) is 0 Å². The van der Waals surface area contributed by atoms with Crippen molar-refractivity contribution in [3.8, 4) is 17.2 Å². The van der Waals surface area contributed by atoms with Gasteiger partial charge in [0.15, 0.2) is 11.5 Å². The Balaban J connectivity index is 1.18. The van der Waals surface area contributed by atoms with Crippen LogP contribution in [0, 0.1) is 0 Å². The quantitative estimate of drug-likeness (QED) is 0.468. The molecule has 0 saturated carbocycles. The molecule has 3 aromatic rings. The zero-order valence-electron chi connectivity index (χ0n) is 19.1. The standard InChI is InChI=1S/C27H22N2O6S/c30-25(28-20-8-11-22-23(15-20)34-13-12-33-22)16-29-26(31)24(36-27(29)32)14-18-6-9-21(10-7-18)35-17-19-4-2-1-3-5-19/h1-11,14-15H,12-13,16-17H2,(H,28,30)/b24-14+. The molecule has 8 nitrogen and oxygen atoms in total. The van der Waals surface area contributed by atoms with Crippen molar-refractivity contribution in [3.05, 3.63) is 88.8 Å². The summed E-state index contributed by atoms with van der Waals surface area (Å²) in [6.45, 7) is 0.963. The molecule has 1 fully saturated rings. The van der Waals surface area contributed by atoms with Gasteiger partial charge in [-0.2, -0.15) is 0 Å². The third-order valence-electron chi connectivity index (χ3n) is 5.43. The molecule has 1 saturated heterocycles. The number of fused-ring (bicyclic) bond motifs is 1. The highest BCUT2D eigenvalue weighted by atomic mass is 32.2. The topological polar surface area (TPSA) is 94.2 Å². The lowest BCUT2D eigenvalue weighted by atomic mass is 10.2. The lowest BCUT2D eigenvalue weighted by Crippen LogP contribution is -2.36. The van der Waals surface area contributed by atoms with Gasteiger partial charge in [0, 0.05) is 11.8 Å². The Hall–Kier alpha value is -4.24. The van der Waals surface area contributed by atoms with Gasteiger partial charge in [0.1, 0.15) is 32.1 Å². The number of carbonyl (C=O) groups excluding carboxylic acids is 3. The first-order valence-corrected chi connectivity index (χ1v) is 12.1. The van der Waals surface area contributed by atoms with Crippen LogP contribution in [-0.4, -0.2) is 41.7 Å². The second-order valence-electron chi connectivity index (χ2n) is 8.02. The molecule has 0 bridgehead atoms. The number of benzene rings is 3. The number of anilines is 1. The summed E-state index contributed by atoms with van der Waals surface area (Å²) in [5.41, 5.74) is 2.29. The highest BCUT2D eigenvalue weighted by Crippen LogP contribution is 2.34. The Morgan fingerprint density at radius 3 is 2.50 bits per heavy atom. The van der Waals surface area contributed by atoms with E-state index in [4.69, 9.17) is 14.2 Å². The van der Waals surface area contributed by atoms with Gasteiger partial charge in [0.05, 0.1) is 4.91 Å². The number of nitrogens with zero attached hydrogens (tertiary/aromatic N) is 1. The molecule has 5 rings (SSSR count). The van der Waals surface area contributed by atoms with Crippen LogP contribution in [0.2, 0.25) is 0 Å². The van der Waals surface area contributed by atoms with Crippen molar-refractivity contribution in [2.24, 2.45) is 0 Å². The third kappa shape index (κ3) is 5.52. The molecule has 3 amide bonds. The monoisotopic (exact) mass is 502 g/mol. The predicted octanol–water partition coefficient (Wildman–Crippen LogP) is 4.71. The molecule has 2 heterocycles. The second kappa shape index (κ2) is 10.6.